The summed E-state index contributed by atoms with van der Waals surface area (Å²) in [6.45, 7) is 0.939. The van der Waals surface area contributed by atoms with Crippen LogP contribution in [-0.2, 0) is 7.05 Å². The first-order valence-corrected chi connectivity index (χ1v) is 10.8. The highest BCUT2D eigenvalue weighted by molar-refractivity contribution is 5.96. The Morgan fingerprint density at radius 2 is 2.03 bits per heavy atom. The van der Waals surface area contributed by atoms with Crippen LogP contribution in [-0.4, -0.2) is 58.7 Å². The zero-order valence-corrected chi connectivity index (χ0v) is 19.8. The molecular formula is C24H25FN6O4. The number of rotatable bonds is 9. The number of nitro benzene ring substituents is 1. The number of ether oxygens (including phenoxy) is 2. The molecule has 0 fully saturated rings. The molecule has 4 aromatic rings. The van der Waals surface area contributed by atoms with Crippen LogP contribution in [0.2, 0.25) is 0 Å². The predicted octanol–water partition coefficient (Wildman–Crippen LogP) is 4.38. The van der Waals surface area contributed by atoms with Crippen molar-refractivity contribution in [1.29, 1.82) is 0 Å². The van der Waals surface area contributed by atoms with Crippen LogP contribution in [0, 0.1) is 15.9 Å². The predicted molar refractivity (Wildman–Crippen MR) is 131 cm³/mol. The molecule has 10 nitrogen and oxygen atoms in total. The fraction of sp³-hybridized carbons (Fsp3) is 0.250. The van der Waals surface area contributed by atoms with E-state index in [0.717, 1.165) is 0 Å². The number of hydrogen-bond acceptors (Lipinski definition) is 8. The molecule has 0 atom stereocenters. The van der Waals surface area contributed by atoms with Crippen molar-refractivity contribution in [3.8, 4) is 22.8 Å². The van der Waals surface area contributed by atoms with E-state index in [4.69, 9.17) is 9.47 Å². The maximum absolute atomic E-state index is 14.4. The van der Waals surface area contributed by atoms with Crippen LogP contribution in [0.3, 0.4) is 0 Å². The molecule has 0 bridgehead atoms. The number of fused-ring (bicyclic) bond motifs is 1. The monoisotopic (exact) mass is 480 g/mol. The Labute approximate surface area is 201 Å². The number of aromatic nitrogens is 3. The van der Waals surface area contributed by atoms with E-state index in [1.54, 1.807) is 36.0 Å². The summed E-state index contributed by atoms with van der Waals surface area (Å²) in [5, 5.41) is 15.3. The molecule has 4 rings (SSSR count). The van der Waals surface area contributed by atoms with E-state index in [1.807, 2.05) is 19.0 Å². The van der Waals surface area contributed by atoms with Crippen LogP contribution in [0.15, 0.2) is 48.8 Å². The lowest BCUT2D eigenvalue weighted by Gasteiger charge is -2.13. The first kappa shape index (κ1) is 23.9. The Kier molecular flexibility index (Phi) is 6.78. The Balaban J connectivity index is 1.68. The lowest BCUT2D eigenvalue weighted by Crippen LogP contribution is -2.19. The van der Waals surface area contributed by atoms with E-state index in [1.165, 1.54) is 31.5 Å². The molecule has 0 aliphatic carbocycles. The summed E-state index contributed by atoms with van der Waals surface area (Å²) in [5.41, 5.74) is 1.81. The number of aryl methyl sites for hydroxylation is 1. The van der Waals surface area contributed by atoms with Crippen LogP contribution in [0.1, 0.15) is 0 Å². The van der Waals surface area contributed by atoms with Crippen molar-refractivity contribution in [2.75, 3.05) is 39.7 Å². The summed E-state index contributed by atoms with van der Waals surface area (Å²) in [4.78, 5) is 21.9. The maximum atomic E-state index is 14.4. The lowest BCUT2D eigenvalue weighted by atomic mass is 10.1. The Morgan fingerprint density at radius 1 is 1.23 bits per heavy atom. The number of para-hydroxylation sites is 1. The third-order valence-corrected chi connectivity index (χ3v) is 5.39. The van der Waals surface area contributed by atoms with Gasteiger partial charge in [-0.05, 0) is 32.3 Å². The van der Waals surface area contributed by atoms with Crippen LogP contribution >= 0.6 is 0 Å². The van der Waals surface area contributed by atoms with Gasteiger partial charge in [-0.2, -0.15) is 0 Å². The van der Waals surface area contributed by atoms with Gasteiger partial charge in [0.25, 0.3) is 0 Å². The highest BCUT2D eigenvalue weighted by Crippen LogP contribution is 2.36. The average Bonchev–Trinajstić information content (AvgIpc) is 3.17. The molecule has 0 radical (unpaired) electrons. The molecule has 1 N–H and O–H groups in total. The number of anilines is 2. The van der Waals surface area contributed by atoms with E-state index < -0.39 is 4.92 Å². The van der Waals surface area contributed by atoms with Crippen molar-refractivity contribution in [1.82, 2.24) is 19.4 Å². The van der Waals surface area contributed by atoms with Gasteiger partial charge >= 0.3 is 5.69 Å². The van der Waals surface area contributed by atoms with Gasteiger partial charge in [-0.15, -0.1) is 0 Å². The third kappa shape index (κ3) is 4.99. The Morgan fingerprint density at radius 3 is 2.74 bits per heavy atom. The summed E-state index contributed by atoms with van der Waals surface area (Å²) >= 11 is 0. The zero-order valence-electron chi connectivity index (χ0n) is 19.8. The minimum Gasteiger partial charge on any atom is -0.493 e. The largest absolute Gasteiger partial charge is 0.493 e. The smallest absolute Gasteiger partial charge is 0.312 e. The second kappa shape index (κ2) is 9.94. The second-order valence-corrected chi connectivity index (χ2v) is 8.12. The summed E-state index contributed by atoms with van der Waals surface area (Å²) in [7, 11) is 7.04. The summed E-state index contributed by atoms with van der Waals surface area (Å²) in [6.07, 6.45) is 3.27. The van der Waals surface area contributed by atoms with E-state index in [-0.39, 0.29) is 23.2 Å². The standard InChI is InChI=1S/C24H25FN6O4/c1-29(2)10-11-35-20-9-8-15(12-19(20)31(32)33)27-24-26-13-21(34-4)22(28-24)17-14-30(3)23-16(17)6-5-7-18(23)25/h5-9,12-14H,10-11H2,1-4H3,(H,26,27,28). The van der Waals surface area contributed by atoms with Crippen molar-refractivity contribution in [3.05, 3.63) is 64.7 Å². The van der Waals surface area contributed by atoms with Crippen molar-refractivity contribution in [3.63, 3.8) is 0 Å². The molecule has 0 aliphatic rings. The first-order valence-electron chi connectivity index (χ1n) is 10.8. The molecule has 35 heavy (non-hydrogen) atoms. The van der Waals surface area contributed by atoms with E-state index >= 15 is 0 Å². The van der Waals surface area contributed by atoms with Crippen molar-refractivity contribution in [2.24, 2.45) is 7.05 Å². The van der Waals surface area contributed by atoms with Gasteiger partial charge in [-0.1, -0.05) is 12.1 Å². The first-order chi connectivity index (χ1) is 16.8. The maximum Gasteiger partial charge on any atom is 0.312 e. The summed E-state index contributed by atoms with van der Waals surface area (Å²) in [6, 6.07) is 9.39. The molecule has 0 unspecified atom stereocenters. The van der Waals surface area contributed by atoms with Crippen LogP contribution in [0.5, 0.6) is 11.5 Å². The molecule has 0 saturated carbocycles. The van der Waals surface area contributed by atoms with Crippen LogP contribution in [0.25, 0.3) is 22.2 Å². The number of likely N-dealkylation sites (N-methyl/N-ethyl adjacent to an activating group) is 1. The van der Waals surface area contributed by atoms with Gasteiger partial charge in [0.15, 0.2) is 11.5 Å². The molecule has 11 heteroatoms. The van der Waals surface area contributed by atoms with Gasteiger partial charge in [0, 0.05) is 42.5 Å². The highest BCUT2D eigenvalue weighted by atomic mass is 19.1. The van der Waals surface area contributed by atoms with Gasteiger partial charge in [-0.3, -0.25) is 10.1 Å². The zero-order chi connectivity index (χ0) is 25.1. The third-order valence-electron chi connectivity index (χ3n) is 5.39. The number of methoxy groups -OCH3 is 1. The van der Waals surface area contributed by atoms with Crippen molar-refractivity contribution >= 4 is 28.2 Å². The normalized spacial score (nSPS) is 11.1. The van der Waals surface area contributed by atoms with Gasteiger partial charge in [0.1, 0.15) is 18.1 Å². The number of benzene rings is 2. The highest BCUT2D eigenvalue weighted by Gasteiger charge is 2.20. The minimum absolute atomic E-state index is 0.174. The van der Waals surface area contributed by atoms with Gasteiger partial charge in [-0.25, -0.2) is 14.4 Å². The summed E-state index contributed by atoms with van der Waals surface area (Å²) in [5.74, 6) is 0.437. The topological polar surface area (TPSA) is 108 Å². The van der Waals surface area contributed by atoms with E-state index in [2.05, 4.69) is 15.3 Å². The van der Waals surface area contributed by atoms with Gasteiger partial charge in [0.2, 0.25) is 5.95 Å². The molecule has 0 spiro atoms. The SMILES string of the molecule is COc1cnc(Nc2ccc(OCCN(C)C)c([N+](=O)[O-])c2)nc1-c1cn(C)c2c(F)cccc12. The van der Waals surface area contributed by atoms with Crippen LogP contribution < -0.4 is 14.8 Å². The number of hydrogen-bond donors (Lipinski definition) is 1. The molecular weight excluding hydrogens is 455 g/mol. The quantitative estimate of drug-likeness (QED) is 0.278. The number of nitro groups is 1. The summed E-state index contributed by atoms with van der Waals surface area (Å²) < 4.78 is 27.1. The van der Waals surface area contributed by atoms with Gasteiger partial charge in [0.05, 0.1) is 23.7 Å². The average molecular weight is 481 g/mol. The van der Waals surface area contributed by atoms with Crippen LogP contribution in [0.4, 0.5) is 21.7 Å². The second-order valence-electron chi connectivity index (χ2n) is 8.12. The number of nitrogens with zero attached hydrogens (tertiary/aromatic N) is 5. The molecule has 2 aromatic heterocycles. The Bertz CT molecular complexity index is 1390. The fourth-order valence-electron chi connectivity index (χ4n) is 3.71. The molecule has 2 heterocycles. The number of halogens is 1. The number of nitrogens with one attached hydrogen (secondary N) is 1. The van der Waals surface area contributed by atoms with E-state index in [9.17, 15) is 14.5 Å². The molecule has 0 saturated heterocycles. The Hall–Kier alpha value is -4.25. The van der Waals surface area contributed by atoms with Crippen molar-refractivity contribution in [2.45, 2.75) is 0 Å². The molecule has 0 aliphatic heterocycles. The minimum atomic E-state index is -0.499. The fourth-order valence-corrected chi connectivity index (χ4v) is 3.71. The molecule has 2 aromatic carbocycles. The van der Waals surface area contributed by atoms with Gasteiger partial charge < -0.3 is 24.3 Å². The molecule has 182 valence electrons. The van der Waals surface area contributed by atoms with Crippen molar-refractivity contribution < 1.29 is 18.8 Å². The lowest BCUT2D eigenvalue weighted by molar-refractivity contribution is -0.385. The molecule has 0 amide bonds. The van der Waals surface area contributed by atoms with E-state index in [0.29, 0.717) is 46.7 Å².